The summed E-state index contributed by atoms with van der Waals surface area (Å²) in [6, 6.07) is 8.82. The Labute approximate surface area is 197 Å². The van der Waals surface area contributed by atoms with E-state index in [2.05, 4.69) is 25.7 Å². The van der Waals surface area contributed by atoms with Crippen LogP contribution in [-0.2, 0) is 9.59 Å². The molecule has 172 valence electrons. The normalized spacial score (nSPS) is 15.8. The van der Waals surface area contributed by atoms with Crippen molar-refractivity contribution < 1.29 is 14.3 Å². The van der Waals surface area contributed by atoms with Gasteiger partial charge in [-0.15, -0.1) is 10.2 Å². The van der Waals surface area contributed by atoms with Crippen LogP contribution in [0.15, 0.2) is 35.4 Å². The first-order valence-corrected chi connectivity index (χ1v) is 12.0. The SMILES string of the molecule is CCCNC(=O)[C@H]1CCCN(c2ccc(SCC(=O)Nc3ccc(OC)c(Cl)c3)nn2)C1. The van der Waals surface area contributed by atoms with Gasteiger partial charge in [0.1, 0.15) is 10.8 Å². The third kappa shape index (κ3) is 6.74. The molecule has 2 N–H and O–H groups in total. The first-order valence-electron chi connectivity index (χ1n) is 10.6. The van der Waals surface area contributed by atoms with Crippen molar-refractivity contribution in [3.05, 3.63) is 35.4 Å². The van der Waals surface area contributed by atoms with E-state index in [9.17, 15) is 9.59 Å². The van der Waals surface area contributed by atoms with Crippen LogP contribution in [-0.4, -0.2) is 54.5 Å². The molecular weight excluding hydrogens is 450 g/mol. The lowest BCUT2D eigenvalue weighted by Crippen LogP contribution is -2.43. The minimum absolute atomic E-state index is 0.0266. The Bertz CT molecular complexity index is 928. The summed E-state index contributed by atoms with van der Waals surface area (Å²) in [6.45, 7) is 4.25. The zero-order chi connectivity index (χ0) is 22.9. The maximum absolute atomic E-state index is 12.3. The maximum atomic E-state index is 12.3. The summed E-state index contributed by atoms with van der Waals surface area (Å²) in [4.78, 5) is 26.6. The number of piperidine rings is 1. The van der Waals surface area contributed by atoms with Gasteiger partial charge in [-0.2, -0.15) is 0 Å². The minimum Gasteiger partial charge on any atom is -0.495 e. The zero-order valence-corrected chi connectivity index (χ0v) is 19.8. The largest absolute Gasteiger partial charge is 0.495 e. The molecule has 0 radical (unpaired) electrons. The molecule has 2 amide bonds. The summed E-state index contributed by atoms with van der Waals surface area (Å²) < 4.78 is 5.11. The lowest BCUT2D eigenvalue weighted by atomic mass is 9.97. The fraction of sp³-hybridized carbons (Fsp3) is 0.455. The number of rotatable bonds is 9. The van der Waals surface area contributed by atoms with Crippen LogP contribution in [0.3, 0.4) is 0 Å². The Morgan fingerprint density at radius 2 is 2.12 bits per heavy atom. The first-order chi connectivity index (χ1) is 15.5. The van der Waals surface area contributed by atoms with E-state index in [0.717, 1.165) is 31.6 Å². The highest BCUT2D eigenvalue weighted by Crippen LogP contribution is 2.27. The predicted octanol–water partition coefficient (Wildman–Crippen LogP) is 3.61. The molecule has 1 saturated heterocycles. The van der Waals surface area contributed by atoms with Crippen LogP contribution in [0.1, 0.15) is 26.2 Å². The third-order valence-corrected chi connectivity index (χ3v) is 6.29. The van der Waals surface area contributed by atoms with Crippen LogP contribution in [0.25, 0.3) is 0 Å². The van der Waals surface area contributed by atoms with Crippen molar-refractivity contribution in [2.24, 2.45) is 5.92 Å². The number of benzene rings is 1. The third-order valence-electron chi connectivity index (χ3n) is 5.08. The number of methoxy groups -OCH3 is 1. The second-order valence-corrected chi connectivity index (χ2v) is 8.89. The summed E-state index contributed by atoms with van der Waals surface area (Å²) in [5.41, 5.74) is 0.602. The summed E-state index contributed by atoms with van der Waals surface area (Å²) in [5.74, 6) is 1.41. The molecule has 1 fully saturated rings. The topological polar surface area (TPSA) is 96.5 Å². The Morgan fingerprint density at radius 1 is 1.28 bits per heavy atom. The second-order valence-electron chi connectivity index (χ2n) is 7.49. The van der Waals surface area contributed by atoms with Crippen molar-refractivity contribution in [3.8, 4) is 5.75 Å². The van der Waals surface area contributed by atoms with Crippen LogP contribution in [0, 0.1) is 5.92 Å². The summed E-state index contributed by atoms with van der Waals surface area (Å²) in [6.07, 6.45) is 2.76. The Kier molecular flexibility index (Phi) is 8.99. The Balaban J connectivity index is 1.49. The number of carbonyl (C=O) groups is 2. The molecule has 0 aliphatic carbocycles. The summed E-state index contributed by atoms with van der Waals surface area (Å²) in [5, 5.41) is 15.4. The smallest absolute Gasteiger partial charge is 0.234 e. The van der Waals surface area contributed by atoms with Gasteiger partial charge < -0.3 is 20.3 Å². The van der Waals surface area contributed by atoms with Crippen molar-refractivity contribution in [2.75, 3.05) is 42.7 Å². The highest BCUT2D eigenvalue weighted by atomic mass is 35.5. The van der Waals surface area contributed by atoms with E-state index in [1.54, 1.807) is 18.2 Å². The number of ether oxygens (including phenoxy) is 1. The quantitative estimate of drug-likeness (QED) is 0.532. The van der Waals surface area contributed by atoms with Gasteiger partial charge in [0.2, 0.25) is 11.8 Å². The van der Waals surface area contributed by atoms with Crippen molar-refractivity contribution in [3.63, 3.8) is 0 Å². The van der Waals surface area contributed by atoms with Crippen LogP contribution in [0.2, 0.25) is 5.02 Å². The summed E-state index contributed by atoms with van der Waals surface area (Å²) >= 11 is 7.39. The molecule has 3 rings (SSSR count). The van der Waals surface area contributed by atoms with Crippen LogP contribution >= 0.6 is 23.4 Å². The van der Waals surface area contributed by atoms with Gasteiger partial charge in [-0.1, -0.05) is 30.3 Å². The monoisotopic (exact) mass is 477 g/mol. The van der Waals surface area contributed by atoms with E-state index < -0.39 is 0 Å². The molecule has 1 aromatic carbocycles. The molecule has 0 spiro atoms. The molecule has 1 aromatic heterocycles. The van der Waals surface area contributed by atoms with Gasteiger partial charge in [0.25, 0.3) is 0 Å². The van der Waals surface area contributed by atoms with E-state index in [0.29, 0.717) is 34.6 Å². The van der Waals surface area contributed by atoms with Gasteiger partial charge in [0, 0.05) is 25.3 Å². The highest BCUT2D eigenvalue weighted by Gasteiger charge is 2.26. The van der Waals surface area contributed by atoms with Gasteiger partial charge in [-0.3, -0.25) is 9.59 Å². The number of hydrogen-bond donors (Lipinski definition) is 2. The molecule has 1 aliphatic heterocycles. The van der Waals surface area contributed by atoms with Crippen molar-refractivity contribution in [2.45, 2.75) is 31.2 Å². The van der Waals surface area contributed by atoms with Gasteiger partial charge in [0.05, 0.1) is 23.8 Å². The number of carbonyl (C=O) groups excluding carboxylic acids is 2. The number of hydrogen-bond acceptors (Lipinski definition) is 7. The highest BCUT2D eigenvalue weighted by molar-refractivity contribution is 7.99. The number of anilines is 2. The number of nitrogens with one attached hydrogen (secondary N) is 2. The lowest BCUT2D eigenvalue weighted by Gasteiger charge is -2.32. The van der Waals surface area contributed by atoms with E-state index in [1.807, 2.05) is 19.1 Å². The average Bonchev–Trinajstić information content (AvgIpc) is 2.82. The fourth-order valence-electron chi connectivity index (χ4n) is 3.43. The molecule has 32 heavy (non-hydrogen) atoms. The zero-order valence-electron chi connectivity index (χ0n) is 18.3. The molecule has 10 heteroatoms. The molecule has 1 aliphatic rings. The molecule has 8 nitrogen and oxygen atoms in total. The fourth-order valence-corrected chi connectivity index (χ4v) is 4.30. The van der Waals surface area contributed by atoms with Crippen molar-refractivity contribution >= 4 is 46.7 Å². The van der Waals surface area contributed by atoms with Gasteiger partial charge >= 0.3 is 0 Å². The van der Waals surface area contributed by atoms with E-state index in [4.69, 9.17) is 16.3 Å². The second kappa shape index (κ2) is 11.9. The van der Waals surface area contributed by atoms with Gasteiger partial charge in [0.15, 0.2) is 5.82 Å². The van der Waals surface area contributed by atoms with Crippen LogP contribution in [0.4, 0.5) is 11.5 Å². The van der Waals surface area contributed by atoms with Crippen LogP contribution in [0.5, 0.6) is 5.75 Å². The maximum Gasteiger partial charge on any atom is 0.234 e. The van der Waals surface area contributed by atoms with Crippen molar-refractivity contribution in [1.29, 1.82) is 0 Å². The molecule has 0 bridgehead atoms. The predicted molar refractivity (Wildman–Crippen MR) is 128 cm³/mol. The minimum atomic E-state index is -0.168. The molecule has 2 aromatic rings. The molecular formula is C22H28ClN5O3S. The van der Waals surface area contributed by atoms with Gasteiger partial charge in [-0.05, 0) is 49.6 Å². The number of amides is 2. The summed E-state index contributed by atoms with van der Waals surface area (Å²) in [7, 11) is 1.54. The number of aromatic nitrogens is 2. The van der Waals surface area contributed by atoms with Crippen LogP contribution < -0.4 is 20.3 Å². The number of halogens is 1. The van der Waals surface area contributed by atoms with Gasteiger partial charge in [-0.25, -0.2) is 0 Å². The van der Waals surface area contributed by atoms with E-state index in [1.165, 1.54) is 18.9 Å². The van der Waals surface area contributed by atoms with E-state index in [-0.39, 0.29) is 23.5 Å². The molecule has 2 heterocycles. The molecule has 1 atom stereocenters. The average molecular weight is 478 g/mol. The standard InChI is InChI=1S/C22H28ClN5O3S/c1-3-10-24-22(30)15-5-4-11-28(13-15)19-8-9-21(27-26-19)32-14-20(29)25-16-6-7-18(31-2)17(23)12-16/h6-9,12,15H,3-5,10-11,13-14H2,1-2H3,(H,24,30)(H,25,29)/t15-/m0/s1. The number of nitrogens with zero attached hydrogens (tertiary/aromatic N) is 3. The Morgan fingerprint density at radius 3 is 2.81 bits per heavy atom. The number of thioether (sulfide) groups is 1. The molecule has 0 unspecified atom stereocenters. The Hall–Kier alpha value is -2.52. The first kappa shape index (κ1) is 24.1. The van der Waals surface area contributed by atoms with Crippen molar-refractivity contribution in [1.82, 2.24) is 15.5 Å². The molecule has 0 saturated carbocycles. The lowest BCUT2D eigenvalue weighted by molar-refractivity contribution is -0.125. The van der Waals surface area contributed by atoms with E-state index >= 15 is 0 Å².